The molecular weight excluding hydrogens is 2140 g/mol. The summed E-state index contributed by atoms with van der Waals surface area (Å²) >= 11 is 10.7. The first-order valence-corrected chi connectivity index (χ1v) is 43.0. The van der Waals surface area contributed by atoms with Gasteiger partial charge < -0.3 is 87.2 Å². The first-order chi connectivity index (χ1) is 57.8. The number of H-pyrrole nitrogens is 1. The molecule has 7 aromatic carbocycles. The molecule has 9 aromatic rings. The minimum atomic E-state index is -1.09. The quantitative estimate of drug-likeness (QED) is 0.0265. The molecule has 5 heterocycles. The molecule has 0 fully saturated rings. The lowest BCUT2D eigenvalue weighted by atomic mass is 10.1. The summed E-state index contributed by atoms with van der Waals surface area (Å²) in [5.41, 5.74) is 23.4. The lowest BCUT2D eigenvalue weighted by molar-refractivity contribution is -0.137. The number of benzene rings is 7. The van der Waals surface area contributed by atoms with Crippen molar-refractivity contribution >= 4 is 235 Å². The van der Waals surface area contributed by atoms with Crippen LogP contribution in [0, 0.1) is 17.9 Å². The van der Waals surface area contributed by atoms with Crippen LogP contribution < -0.4 is 59.2 Å². The Hall–Kier alpha value is -10.9. The van der Waals surface area contributed by atoms with Crippen molar-refractivity contribution in [3.8, 4) is 0 Å². The van der Waals surface area contributed by atoms with E-state index in [0.29, 0.717) is 105 Å². The molecular formula is C84H92I5N15O18. The van der Waals surface area contributed by atoms with Gasteiger partial charge in [0.2, 0.25) is 17.7 Å². The molecule has 33 nitrogen and oxygen atoms in total. The molecule has 122 heavy (non-hydrogen) atoms. The molecule has 12 rings (SSSR count). The Kier molecular flexibility index (Phi) is 39.4. The van der Waals surface area contributed by atoms with Crippen LogP contribution in [0.1, 0.15) is 148 Å². The third-order valence-corrected chi connectivity index (χ3v) is 21.4. The van der Waals surface area contributed by atoms with Crippen molar-refractivity contribution in [2.24, 2.45) is 0 Å². The summed E-state index contributed by atoms with van der Waals surface area (Å²) in [4.78, 5) is 181. The van der Waals surface area contributed by atoms with Gasteiger partial charge in [-0.15, -0.1) is 0 Å². The van der Waals surface area contributed by atoms with Crippen LogP contribution in [0.2, 0.25) is 0 Å². The number of hydrogen-bond acceptors (Lipinski definition) is 20. The van der Waals surface area contributed by atoms with Crippen LogP contribution in [0.5, 0.6) is 0 Å². The number of halogens is 5. The Labute approximate surface area is 770 Å². The second-order valence-electron chi connectivity index (χ2n) is 27.0. The molecule has 0 aliphatic carbocycles. The molecule has 0 saturated carbocycles. The van der Waals surface area contributed by atoms with E-state index in [1.165, 1.54) is 74.0 Å². The van der Waals surface area contributed by atoms with E-state index in [2.05, 4.69) is 143 Å². The number of amides is 9. The predicted molar refractivity (Wildman–Crippen MR) is 508 cm³/mol. The Morgan fingerprint density at radius 1 is 0.500 bits per heavy atom. The minimum Gasteiger partial charge on any atom is -0.481 e. The SMILES string of the molecule is CCCN1CC(=O)N(C)c2cc(C(=O)O)ccc2C1=O.CCCN1CC(=O)N(C)c2cc(I)ccc2C1=O.CCCNC(=O)c1ccc(I)cc1N.CCCNC(=O)c1ccc(I)cc1NC.CN(Cc1cccc(N)n1)C(=O)c1ccc2c(c1)N(C)C(=O)CN(CCC(=O)O)C2=O.Nc1cc(I)ccc1C(=O)O.O=c1[nH]c2cc(I)ccc2c(=O)o1. The van der Waals surface area contributed by atoms with E-state index >= 15 is 0 Å². The zero-order chi connectivity index (χ0) is 90.5. The number of nitrogens with one attached hydrogen (secondary N) is 4. The van der Waals surface area contributed by atoms with Crippen LogP contribution in [0.25, 0.3) is 10.9 Å². The molecule has 0 radical (unpaired) electrons. The van der Waals surface area contributed by atoms with Crippen molar-refractivity contribution in [3.05, 3.63) is 235 Å². The van der Waals surface area contributed by atoms with Crippen molar-refractivity contribution in [1.29, 1.82) is 0 Å². The normalized spacial score (nSPS) is 12.6. The van der Waals surface area contributed by atoms with Gasteiger partial charge in [-0.05, 0) is 278 Å². The zero-order valence-corrected chi connectivity index (χ0v) is 78.7. The smallest absolute Gasteiger partial charge is 0.419 e. The number of hydrogen-bond donors (Lipinski definition) is 10. The van der Waals surface area contributed by atoms with E-state index < -0.39 is 35.2 Å². The maximum Gasteiger partial charge on any atom is 0.419 e. The number of pyridine rings is 1. The minimum absolute atomic E-state index is 0.0141. The van der Waals surface area contributed by atoms with Crippen LogP contribution >= 0.6 is 113 Å². The number of aromatic nitrogens is 2. The molecule has 13 N–H and O–H groups in total. The average Bonchev–Trinajstić information content (AvgIpc) is 1.63. The van der Waals surface area contributed by atoms with Gasteiger partial charge in [-0.25, -0.2) is 24.2 Å². The van der Waals surface area contributed by atoms with Gasteiger partial charge in [-0.2, -0.15) is 0 Å². The number of carbonyl (C=O) groups excluding carboxylic acids is 9. The molecule has 38 heteroatoms. The predicted octanol–water partition coefficient (Wildman–Crippen LogP) is 11.3. The fraction of sp³-hybridized carbons (Fsp3) is 0.274. The summed E-state index contributed by atoms with van der Waals surface area (Å²) in [6.07, 6.45) is 3.21. The number of rotatable bonds is 19. The molecule has 0 bridgehead atoms. The van der Waals surface area contributed by atoms with Gasteiger partial charge in [0.15, 0.2) is 0 Å². The number of carbonyl (C=O) groups is 12. The Morgan fingerprint density at radius 3 is 1.39 bits per heavy atom. The molecule has 0 unspecified atom stereocenters. The number of aromatic amines is 1. The van der Waals surface area contributed by atoms with Gasteiger partial charge in [0.25, 0.3) is 35.4 Å². The van der Waals surface area contributed by atoms with E-state index in [4.69, 9.17) is 32.5 Å². The first kappa shape index (κ1) is 99.9. The fourth-order valence-electron chi connectivity index (χ4n) is 11.7. The number of carboxylic acid groups (broad SMARTS) is 3. The number of aromatic carboxylic acids is 2. The lowest BCUT2D eigenvalue weighted by Crippen LogP contribution is -2.38. The largest absolute Gasteiger partial charge is 0.481 e. The third kappa shape index (κ3) is 28.6. The number of carboxylic acids is 3. The van der Waals surface area contributed by atoms with E-state index in [9.17, 15) is 67.1 Å². The maximum atomic E-state index is 12.9. The lowest BCUT2D eigenvalue weighted by Gasteiger charge is -2.20. The summed E-state index contributed by atoms with van der Waals surface area (Å²) < 4.78 is 9.41. The second kappa shape index (κ2) is 48.1. The second-order valence-corrected chi connectivity index (χ2v) is 33.3. The Bertz CT molecular complexity index is 5520. The third-order valence-electron chi connectivity index (χ3n) is 18.0. The number of nitrogen functional groups attached to an aromatic ring is 3. The summed E-state index contributed by atoms with van der Waals surface area (Å²) in [5, 5.41) is 35.5. The maximum absolute atomic E-state index is 12.9. The van der Waals surface area contributed by atoms with Crippen LogP contribution in [0.15, 0.2) is 160 Å². The average molecular weight is 2230 g/mol. The molecule has 646 valence electrons. The van der Waals surface area contributed by atoms with E-state index in [0.717, 1.165) is 49.2 Å². The standard InChI is InChI=1S/C21H23N5O5.C14H16N2O4.C13H15IN2O2.C11H15IN2O.C10H13IN2O.C8H4INO3.C7H6INO2/c1-24(11-14-4-3-5-17(22)23-14)20(30)13-6-7-15-16(10-13)25(2)18(27)12-26(21(15)31)9-8-19(28)29;1-3-6-16-8-12(17)15(2)11-7-9(14(19)20)4-5-10(11)13(16)18;1-3-6-16-8-12(17)15(2)11-7-9(14)4-5-10(11)13(16)18;1-3-6-14-11(15)9-5-4-8(12)7-10(9)13-2;1-2-5-13-10(14)8-4-3-7(11)6-9(8)12;9-4-1-2-5-6(3-4)10-8(12)13-7(5)11;8-4-1-2-5(7(10)11)6(9)3-4/h3-7,10H,8-9,11-12H2,1-2H3,(H2,22,23)(H,28,29);4-5,7H,3,6,8H2,1-2H3,(H,19,20);4-5,7H,3,6,8H2,1-2H3;4-5,7,13H,3,6H2,1-2H3,(H,14,15);3-4,6H,2,5,12H2,1H3,(H,13,14);1-3H,(H,10,12);1-3H,9H2,(H,10,11). The van der Waals surface area contributed by atoms with Crippen molar-refractivity contribution in [1.82, 2.24) is 40.2 Å². The number of nitrogens with two attached hydrogens (primary N) is 3. The van der Waals surface area contributed by atoms with Gasteiger partial charge >= 0.3 is 29.3 Å². The summed E-state index contributed by atoms with van der Waals surface area (Å²) in [5.74, 6) is -5.32. The van der Waals surface area contributed by atoms with Crippen molar-refractivity contribution < 1.29 is 77.3 Å². The highest BCUT2D eigenvalue weighted by molar-refractivity contribution is 14.1. The number of anilines is 7. The molecule has 2 aromatic heterocycles. The summed E-state index contributed by atoms with van der Waals surface area (Å²) in [6, 6.07) is 40.6. The van der Waals surface area contributed by atoms with Crippen LogP contribution in [-0.4, -0.2) is 204 Å². The first-order valence-electron chi connectivity index (χ1n) is 37.6. The van der Waals surface area contributed by atoms with Gasteiger partial charge in [-0.1, -0.05) is 33.8 Å². The number of aliphatic carboxylic acids is 1. The monoisotopic (exact) mass is 2230 g/mol. The molecule has 3 aliphatic rings. The topological polar surface area (TPSA) is 478 Å². The fourth-order valence-corrected chi connectivity index (χ4v) is 14.2. The molecule has 0 spiro atoms. The number of fused-ring (bicyclic) bond motifs is 4. The molecule has 3 aliphatic heterocycles. The van der Waals surface area contributed by atoms with Gasteiger partial charge in [-0.3, -0.25) is 52.9 Å². The molecule has 0 atom stereocenters. The highest BCUT2D eigenvalue weighted by atomic mass is 127. The summed E-state index contributed by atoms with van der Waals surface area (Å²) in [7, 11) is 8.23. The zero-order valence-electron chi connectivity index (χ0n) is 67.9. The van der Waals surface area contributed by atoms with Crippen molar-refractivity contribution in [2.45, 2.75) is 66.3 Å². The summed E-state index contributed by atoms with van der Waals surface area (Å²) in [6.45, 7) is 10.6. The van der Waals surface area contributed by atoms with Gasteiger partial charge in [0.1, 0.15) is 25.5 Å². The van der Waals surface area contributed by atoms with E-state index in [-0.39, 0.29) is 103 Å². The molecule has 0 saturated heterocycles. The van der Waals surface area contributed by atoms with Gasteiger partial charge in [0.05, 0.1) is 85.6 Å². The highest BCUT2D eigenvalue weighted by Crippen LogP contribution is 2.31. The van der Waals surface area contributed by atoms with Crippen LogP contribution in [-0.2, 0) is 25.7 Å². The van der Waals surface area contributed by atoms with Crippen LogP contribution in [0.3, 0.4) is 0 Å². The van der Waals surface area contributed by atoms with E-state index in [1.54, 1.807) is 97.7 Å². The van der Waals surface area contributed by atoms with Crippen LogP contribution in [0.4, 0.5) is 39.9 Å². The molecule has 9 amide bonds. The van der Waals surface area contributed by atoms with E-state index in [1.807, 2.05) is 71.1 Å². The van der Waals surface area contributed by atoms with Crippen molar-refractivity contribution in [3.63, 3.8) is 0 Å². The van der Waals surface area contributed by atoms with Crippen molar-refractivity contribution in [2.75, 3.05) is 125 Å². The highest BCUT2D eigenvalue weighted by Gasteiger charge is 2.34. The Balaban J connectivity index is 0.000000227. The van der Waals surface area contributed by atoms with Gasteiger partial charge in [0, 0.05) is 108 Å². The number of nitrogens with zero attached hydrogens (tertiary/aromatic N) is 8. The Morgan fingerprint density at radius 2 is 0.926 bits per heavy atom. The number of likely N-dealkylation sites (N-methyl/N-ethyl adjacent to an activating group) is 3.